The molecule has 12 heteroatoms. The smallest absolute Gasteiger partial charge is 0.321 e. The van der Waals surface area contributed by atoms with E-state index in [1.54, 1.807) is 53.3 Å². The predicted molar refractivity (Wildman–Crippen MR) is 181 cm³/mol. The molecule has 4 aromatic carbocycles. The van der Waals surface area contributed by atoms with Crippen LogP contribution in [0.15, 0.2) is 114 Å². The number of hydrogen-bond donors (Lipinski definition) is 1. The van der Waals surface area contributed by atoms with E-state index in [0.717, 1.165) is 39.3 Å². The van der Waals surface area contributed by atoms with Gasteiger partial charge in [-0.25, -0.2) is 4.68 Å². The molecule has 238 valence electrons. The van der Waals surface area contributed by atoms with E-state index in [9.17, 15) is 28.0 Å². The van der Waals surface area contributed by atoms with Crippen molar-refractivity contribution in [2.45, 2.75) is 13.1 Å². The van der Waals surface area contributed by atoms with Gasteiger partial charge in [0.15, 0.2) is 5.57 Å². The lowest BCUT2D eigenvalue weighted by atomic mass is 10.1. The van der Waals surface area contributed by atoms with Crippen molar-refractivity contribution in [2.75, 3.05) is 5.32 Å². The summed E-state index contributed by atoms with van der Waals surface area (Å²) in [5.41, 5.74) is 0.434. The lowest BCUT2D eigenvalue weighted by molar-refractivity contribution is -0.137. The predicted octanol–water partition coefficient (Wildman–Crippen LogP) is 6.87. The summed E-state index contributed by atoms with van der Waals surface area (Å²) >= 11 is 7.01. The number of rotatable bonds is 6. The van der Waals surface area contributed by atoms with E-state index in [0.29, 0.717) is 27.5 Å². The highest BCUT2D eigenvalue weighted by molar-refractivity contribution is 7.07. The van der Waals surface area contributed by atoms with E-state index >= 15 is 0 Å². The molecule has 1 amide bonds. The number of benzene rings is 4. The molecule has 0 bridgehead atoms. The Balaban J connectivity index is 1.65. The minimum absolute atomic E-state index is 0.0334. The second-order valence-electron chi connectivity index (χ2n) is 10.6. The van der Waals surface area contributed by atoms with Crippen LogP contribution >= 0.6 is 22.9 Å². The van der Waals surface area contributed by atoms with Crippen LogP contribution in [0.1, 0.15) is 16.7 Å². The second-order valence-corrected chi connectivity index (χ2v) is 12.1. The molecule has 0 spiro atoms. The van der Waals surface area contributed by atoms with E-state index in [1.165, 1.54) is 18.2 Å². The van der Waals surface area contributed by atoms with Crippen molar-refractivity contribution < 1.29 is 18.0 Å². The Morgan fingerprint density at radius 3 is 2.42 bits per heavy atom. The number of halogens is 4. The number of nitrogens with zero attached hydrogens (tertiary/aromatic N) is 4. The maximum absolute atomic E-state index is 14.3. The average Bonchev–Trinajstić information content (AvgIpc) is 3.62. The number of aryl methyl sites for hydroxylation is 1. The number of carbonyl (C=O) groups is 1. The van der Waals surface area contributed by atoms with Crippen LogP contribution in [0.25, 0.3) is 34.3 Å². The molecular weight excluding hydrogens is 659 g/mol. The Morgan fingerprint density at radius 2 is 1.71 bits per heavy atom. The third-order valence-corrected chi connectivity index (χ3v) is 8.58. The molecule has 0 fully saturated rings. The van der Waals surface area contributed by atoms with Crippen molar-refractivity contribution in [3.63, 3.8) is 0 Å². The van der Waals surface area contributed by atoms with Crippen LogP contribution in [0.5, 0.6) is 0 Å². The molecule has 0 atom stereocenters. The Labute approximate surface area is 280 Å². The molecule has 0 unspecified atom stereocenters. The van der Waals surface area contributed by atoms with Crippen LogP contribution in [0, 0.1) is 18.3 Å². The Morgan fingerprint density at radius 1 is 0.979 bits per heavy atom. The summed E-state index contributed by atoms with van der Waals surface area (Å²) in [5.74, 6) is -0.884. The number of para-hydroxylation sites is 2. The Hall–Kier alpha value is -5.70. The first-order chi connectivity index (χ1) is 23.0. The summed E-state index contributed by atoms with van der Waals surface area (Å²) in [6.45, 7) is 1.81. The largest absolute Gasteiger partial charge is 0.418 e. The normalized spacial score (nSPS) is 12.5. The summed E-state index contributed by atoms with van der Waals surface area (Å²) in [7, 11) is 0. The fourth-order valence-corrected chi connectivity index (χ4v) is 6.37. The van der Waals surface area contributed by atoms with E-state index in [2.05, 4.69) is 5.32 Å². The maximum atomic E-state index is 14.3. The summed E-state index contributed by atoms with van der Waals surface area (Å²) in [6, 6.07) is 29.3. The molecule has 48 heavy (non-hydrogen) atoms. The highest BCUT2D eigenvalue weighted by Crippen LogP contribution is 2.33. The van der Waals surface area contributed by atoms with Gasteiger partial charge in [0.05, 0.1) is 21.5 Å². The van der Waals surface area contributed by atoms with Gasteiger partial charge in [-0.05, 0) is 67.1 Å². The van der Waals surface area contributed by atoms with Gasteiger partial charge < -0.3 is 5.32 Å². The van der Waals surface area contributed by atoms with E-state index in [1.807, 2.05) is 49.4 Å². The first-order valence-electron chi connectivity index (χ1n) is 14.4. The number of carbonyl (C=O) groups excluding carboxylic acids is 1. The lowest BCUT2D eigenvalue weighted by Crippen LogP contribution is -2.33. The quantitative estimate of drug-likeness (QED) is 0.208. The van der Waals surface area contributed by atoms with Crippen molar-refractivity contribution in [3.05, 3.63) is 151 Å². The summed E-state index contributed by atoms with van der Waals surface area (Å²) in [4.78, 5) is 27.7. The minimum Gasteiger partial charge on any atom is -0.321 e. The molecule has 7 nitrogen and oxygen atoms in total. The van der Waals surface area contributed by atoms with Gasteiger partial charge in [0.2, 0.25) is 0 Å². The monoisotopic (exact) mass is 681 g/mol. The number of amides is 1. The van der Waals surface area contributed by atoms with Crippen molar-refractivity contribution in [1.29, 1.82) is 5.26 Å². The molecule has 2 aromatic heterocycles. The number of nitriles is 1. The zero-order valence-electron chi connectivity index (χ0n) is 25.0. The van der Waals surface area contributed by atoms with Crippen molar-refractivity contribution in [2.24, 2.45) is 0 Å². The molecule has 6 aromatic rings. The molecule has 2 heterocycles. The van der Waals surface area contributed by atoms with E-state index < -0.39 is 34.5 Å². The molecule has 0 aliphatic rings. The zero-order valence-corrected chi connectivity index (χ0v) is 26.6. The Bertz CT molecular complexity index is 2410. The van der Waals surface area contributed by atoms with Crippen molar-refractivity contribution in [3.8, 4) is 28.7 Å². The SMILES string of the molecule is Cc1cccc(NC(=O)/C(C#N)=c2\s/c(=C\c3cn(-c4ccccc4)nc3-c3cccc(Cl)c3)c(=O)n2-c2ccccc2C(F)(F)F)c1. The van der Waals surface area contributed by atoms with Gasteiger partial charge in [-0.15, -0.1) is 11.3 Å². The number of thiazole rings is 1. The van der Waals surface area contributed by atoms with Gasteiger partial charge in [0.25, 0.3) is 11.5 Å². The Kier molecular flexibility index (Phi) is 8.86. The average molecular weight is 682 g/mol. The summed E-state index contributed by atoms with van der Waals surface area (Å²) in [6.07, 6.45) is -1.68. The third-order valence-electron chi connectivity index (χ3n) is 7.25. The molecule has 1 N–H and O–H groups in total. The molecule has 0 saturated carbocycles. The summed E-state index contributed by atoms with van der Waals surface area (Å²) in [5, 5.41) is 18.0. The molecule has 0 saturated heterocycles. The van der Waals surface area contributed by atoms with E-state index in [4.69, 9.17) is 16.7 Å². The molecule has 0 radical (unpaired) electrons. The van der Waals surface area contributed by atoms with Crippen LogP contribution < -0.4 is 20.1 Å². The number of alkyl halides is 3. The number of hydrogen-bond acceptors (Lipinski definition) is 5. The summed E-state index contributed by atoms with van der Waals surface area (Å²) < 4.78 is 44.9. The lowest BCUT2D eigenvalue weighted by Gasteiger charge is -2.13. The van der Waals surface area contributed by atoms with E-state index in [-0.39, 0.29) is 9.20 Å². The van der Waals surface area contributed by atoms with Gasteiger partial charge in [0, 0.05) is 28.0 Å². The second kappa shape index (κ2) is 13.2. The minimum atomic E-state index is -4.84. The van der Waals surface area contributed by atoms with Crippen LogP contribution in [0.2, 0.25) is 5.02 Å². The number of aromatic nitrogens is 3. The van der Waals surface area contributed by atoms with Crippen LogP contribution in [0.3, 0.4) is 0 Å². The van der Waals surface area contributed by atoms with Gasteiger partial charge in [-0.1, -0.05) is 66.2 Å². The van der Waals surface area contributed by atoms with Crippen LogP contribution in [-0.4, -0.2) is 20.3 Å². The molecule has 0 aliphatic carbocycles. The van der Waals surface area contributed by atoms with Crippen molar-refractivity contribution in [1.82, 2.24) is 14.3 Å². The highest BCUT2D eigenvalue weighted by atomic mass is 35.5. The maximum Gasteiger partial charge on any atom is 0.418 e. The van der Waals surface area contributed by atoms with Gasteiger partial charge in [0.1, 0.15) is 16.4 Å². The first-order valence-corrected chi connectivity index (χ1v) is 15.6. The van der Waals surface area contributed by atoms with Gasteiger partial charge in [-0.3, -0.25) is 14.2 Å². The number of nitrogens with one attached hydrogen (secondary N) is 1. The van der Waals surface area contributed by atoms with Crippen LogP contribution in [-0.2, 0) is 11.0 Å². The zero-order chi connectivity index (χ0) is 34.0. The third kappa shape index (κ3) is 6.57. The topological polar surface area (TPSA) is 92.7 Å². The molecule has 6 rings (SSSR count). The standard InChI is InChI=1S/C36H23ClF3N5O2S/c1-22-9-7-12-26(17-22)42-33(46)28(20-41)35-45(30-16-6-5-15-29(30)36(38,39)40)34(47)31(48-35)19-24-21-44(27-13-3-2-4-14-27)43-32(24)23-10-8-11-25(37)18-23/h2-19,21H,1H3,(H,42,46)/b31-19-,35-28-. The van der Waals surface area contributed by atoms with Crippen molar-refractivity contribution >= 4 is 46.2 Å². The molecule has 0 aliphatic heterocycles. The van der Waals surface area contributed by atoms with Gasteiger partial charge in [-0.2, -0.15) is 23.5 Å². The fraction of sp³-hybridized carbons (Fsp3) is 0.0556. The highest BCUT2D eigenvalue weighted by Gasteiger charge is 2.34. The van der Waals surface area contributed by atoms with Gasteiger partial charge >= 0.3 is 6.18 Å². The molecular formula is C36H23ClF3N5O2S. The first kappa shape index (κ1) is 32.2. The van der Waals surface area contributed by atoms with Crippen LogP contribution in [0.4, 0.5) is 18.9 Å². The fourth-order valence-electron chi connectivity index (χ4n) is 5.10. The number of anilines is 1.